The normalized spacial score (nSPS) is 20.2. The summed E-state index contributed by atoms with van der Waals surface area (Å²) in [6.45, 7) is 8.25. The number of imidazole rings is 1. The molecule has 1 N–H and O–H groups in total. The van der Waals surface area contributed by atoms with Crippen LogP contribution in [0, 0.1) is 25.2 Å². The maximum Gasteiger partial charge on any atom is 0.106 e. The third-order valence-electron chi connectivity index (χ3n) is 3.81. The minimum Gasteiger partial charge on any atom is -0.332 e. The Morgan fingerprint density at radius 2 is 2.28 bits per heavy atom. The van der Waals surface area contributed by atoms with Gasteiger partial charge in [-0.1, -0.05) is 0 Å². The van der Waals surface area contributed by atoms with Gasteiger partial charge in [-0.2, -0.15) is 5.26 Å². The summed E-state index contributed by atoms with van der Waals surface area (Å²) in [5, 5.41) is 12.8. The second kappa shape index (κ2) is 4.74. The Balaban J connectivity index is 2.07. The average molecular weight is 246 g/mol. The van der Waals surface area contributed by atoms with E-state index in [1.807, 2.05) is 20.2 Å². The Morgan fingerprint density at radius 1 is 1.61 bits per heavy atom. The summed E-state index contributed by atoms with van der Waals surface area (Å²) in [5.74, 6) is 0. The molecule has 1 aliphatic rings. The molecule has 0 spiro atoms. The van der Waals surface area contributed by atoms with E-state index in [4.69, 9.17) is 0 Å². The van der Waals surface area contributed by atoms with E-state index in [0.29, 0.717) is 6.04 Å². The average Bonchev–Trinajstić information content (AvgIpc) is 3.06. The molecule has 0 amide bonds. The first-order valence-corrected chi connectivity index (χ1v) is 6.64. The molecule has 2 atom stereocenters. The van der Waals surface area contributed by atoms with E-state index in [1.54, 1.807) is 0 Å². The van der Waals surface area contributed by atoms with Crippen LogP contribution in [-0.2, 0) is 0 Å². The van der Waals surface area contributed by atoms with Crippen molar-refractivity contribution in [3.8, 4) is 6.07 Å². The fraction of sp³-hybridized carbons (Fsp3) is 0.714. The molecule has 98 valence electrons. The van der Waals surface area contributed by atoms with Crippen molar-refractivity contribution in [1.29, 1.82) is 5.26 Å². The zero-order valence-electron chi connectivity index (χ0n) is 11.7. The molecule has 2 rings (SSSR count). The maximum absolute atomic E-state index is 9.39. The van der Waals surface area contributed by atoms with Crippen molar-refractivity contribution < 1.29 is 0 Å². The predicted octanol–water partition coefficient (Wildman–Crippen LogP) is 2.49. The van der Waals surface area contributed by atoms with Gasteiger partial charge in [0.25, 0.3) is 0 Å². The number of nitriles is 1. The van der Waals surface area contributed by atoms with Gasteiger partial charge in [-0.25, -0.2) is 4.98 Å². The quantitative estimate of drug-likeness (QED) is 0.868. The van der Waals surface area contributed by atoms with Gasteiger partial charge in [-0.3, -0.25) is 5.32 Å². The first kappa shape index (κ1) is 13.1. The SMILES string of the molecule is Cc1ncn(C(C)CC(C)(C#N)NC2CC2)c1C. The monoisotopic (exact) mass is 246 g/mol. The molecule has 0 aliphatic heterocycles. The number of rotatable bonds is 5. The maximum atomic E-state index is 9.39. The molecule has 1 saturated carbocycles. The highest BCUT2D eigenvalue weighted by Crippen LogP contribution is 2.28. The van der Waals surface area contributed by atoms with Crippen molar-refractivity contribution in [3.05, 3.63) is 17.7 Å². The molecule has 0 saturated heterocycles. The summed E-state index contributed by atoms with van der Waals surface area (Å²) in [6.07, 6.45) is 5.09. The molecule has 0 bridgehead atoms. The van der Waals surface area contributed by atoms with Gasteiger partial charge in [0.15, 0.2) is 0 Å². The van der Waals surface area contributed by atoms with Gasteiger partial charge >= 0.3 is 0 Å². The highest BCUT2D eigenvalue weighted by molar-refractivity contribution is 5.12. The van der Waals surface area contributed by atoms with E-state index in [-0.39, 0.29) is 6.04 Å². The van der Waals surface area contributed by atoms with E-state index in [2.05, 4.69) is 34.8 Å². The molecule has 1 aromatic heterocycles. The first-order chi connectivity index (χ1) is 8.45. The zero-order valence-corrected chi connectivity index (χ0v) is 11.7. The van der Waals surface area contributed by atoms with Crippen molar-refractivity contribution in [3.63, 3.8) is 0 Å². The number of nitrogens with one attached hydrogen (secondary N) is 1. The summed E-state index contributed by atoms with van der Waals surface area (Å²) in [7, 11) is 0. The zero-order chi connectivity index (χ0) is 13.3. The standard InChI is InChI=1S/C14H22N4/c1-10(18-9-16-11(2)12(18)3)7-14(4,8-15)17-13-5-6-13/h9-10,13,17H,5-7H2,1-4H3. The second-order valence-electron chi connectivity index (χ2n) is 5.74. The third-order valence-corrected chi connectivity index (χ3v) is 3.81. The van der Waals surface area contributed by atoms with Crippen LogP contribution in [0.2, 0.25) is 0 Å². The Bertz CT molecular complexity index is 467. The fourth-order valence-electron chi connectivity index (χ4n) is 2.46. The van der Waals surface area contributed by atoms with Gasteiger partial charge in [0, 0.05) is 17.8 Å². The van der Waals surface area contributed by atoms with Crippen LogP contribution in [0.15, 0.2) is 6.33 Å². The van der Waals surface area contributed by atoms with Gasteiger partial charge < -0.3 is 4.57 Å². The topological polar surface area (TPSA) is 53.6 Å². The largest absolute Gasteiger partial charge is 0.332 e. The Hall–Kier alpha value is -1.34. The van der Waals surface area contributed by atoms with Crippen LogP contribution in [0.3, 0.4) is 0 Å². The lowest BCUT2D eigenvalue weighted by Crippen LogP contribution is -2.43. The molecule has 0 radical (unpaired) electrons. The number of nitrogens with zero attached hydrogens (tertiary/aromatic N) is 3. The molecule has 1 heterocycles. The second-order valence-corrected chi connectivity index (χ2v) is 5.74. The van der Waals surface area contributed by atoms with Crippen molar-refractivity contribution in [2.75, 3.05) is 0 Å². The summed E-state index contributed by atoms with van der Waals surface area (Å²) in [4.78, 5) is 4.33. The number of aromatic nitrogens is 2. The lowest BCUT2D eigenvalue weighted by atomic mass is 9.94. The highest BCUT2D eigenvalue weighted by atomic mass is 15.1. The summed E-state index contributed by atoms with van der Waals surface area (Å²) >= 11 is 0. The molecule has 1 fully saturated rings. The molecule has 4 nitrogen and oxygen atoms in total. The van der Waals surface area contributed by atoms with Gasteiger partial charge in [0.1, 0.15) is 5.54 Å². The first-order valence-electron chi connectivity index (χ1n) is 6.64. The predicted molar refractivity (Wildman–Crippen MR) is 71.2 cm³/mol. The third kappa shape index (κ3) is 2.73. The highest BCUT2D eigenvalue weighted by Gasteiger charge is 2.34. The van der Waals surface area contributed by atoms with E-state index in [1.165, 1.54) is 18.5 Å². The lowest BCUT2D eigenvalue weighted by molar-refractivity contribution is 0.342. The van der Waals surface area contributed by atoms with Crippen LogP contribution in [0.5, 0.6) is 0 Å². The van der Waals surface area contributed by atoms with E-state index >= 15 is 0 Å². The van der Waals surface area contributed by atoms with Crippen LogP contribution in [0.4, 0.5) is 0 Å². The minimum atomic E-state index is -0.439. The Kier molecular flexibility index (Phi) is 3.45. The van der Waals surface area contributed by atoms with Gasteiger partial charge in [-0.15, -0.1) is 0 Å². The molecule has 18 heavy (non-hydrogen) atoms. The van der Waals surface area contributed by atoms with Crippen LogP contribution in [-0.4, -0.2) is 21.1 Å². The van der Waals surface area contributed by atoms with E-state index in [0.717, 1.165) is 12.1 Å². The fourth-order valence-corrected chi connectivity index (χ4v) is 2.46. The molecule has 2 unspecified atom stereocenters. The van der Waals surface area contributed by atoms with Crippen LogP contribution < -0.4 is 5.32 Å². The van der Waals surface area contributed by atoms with Crippen molar-refractivity contribution in [2.24, 2.45) is 0 Å². The van der Waals surface area contributed by atoms with Gasteiger partial charge in [-0.05, 0) is 47.0 Å². The molecule has 1 aliphatic carbocycles. The van der Waals surface area contributed by atoms with Gasteiger partial charge in [0.05, 0.1) is 18.1 Å². The minimum absolute atomic E-state index is 0.280. The van der Waals surface area contributed by atoms with Crippen molar-refractivity contribution >= 4 is 0 Å². The number of hydrogen-bond donors (Lipinski definition) is 1. The molecule has 1 aromatic rings. The van der Waals surface area contributed by atoms with Crippen LogP contribution >= 0.6 is 0 Å². The Labute approximate surface area is 109 Å². The van der Waals surface area contributed by atoms with Crippen molar-refractivity contribution in [2.45, 2.75) is 64.6 Å². The summed E-state index contributed by atoms with van der Waals surface area (Å²) in [6, 6.07) is 3.26. The van der Waals surface area contributed by atoms with Crippen LogP contribution in [0.25, 0.3) is 0 Å². The van der Waals surface area contributed by atoms with Crippen LogP contribution in [0.1, 0.15) is 50.5 Å². The molecular weight excluding hydrogens is 224 g/mol. The molecular formula is C14H22N4. The number of aryl methyl sites for hydroxylation is 1. The smallest absolute Gasteiger partial charge is 0.106 e. The molecule has 0 aromatic carbocycles. The lowest BCUT2D eigenvalue weighted by Gasteiger charge is -2.28. The molecule has 4 heteroatoms. The Morgan fingerprint density at radius 3 is 2.72 bits per heavy atom. The van der Waals surface area contributed by atoms with E-state index < -0.39 is 5.54 Å². The summed E-state index contributed by atoms with van der Waals surface area (Å²) in [5.41, 5.74) is 1.82. The van der Waals surface area contributed by atoms with Gasteiger partial charge in [0.2, 0.25) is 0 Å². The number of hydrogen-bond acceptors (Lipinski definition) is 3. The van der Waals surface area contributed by atoms with E-state index in [9.17, 15) is 5.26 Å². The summed E-state index contributed by atoms with van der Waals surface area (Å²) < 4.78 is 2.17. The van der Waals surface area contributed by atoms with Crippen molar-refractivity contribution in [1.82, 2.24) is 14.9 Å².